The van der Waals surface area contributed by atoms with Crippen LogP contribution in [0.15, 0.2) is 0 Å². The van der Waals surface area contributed by atoms with Crippen molar-refractivity contribution in [1.82, 2.24) is 0 Å². The minimum Gasteiger partial charge on any atom is -0.462 e. The first-order valence-electron chi connectivity index (χ1n) is 39.1. The molecule has 0 aliphatic rings. The van der Waals surface area contributed by atoms with Crippen LogP contribution in [0.4, 0.5) is 0 Å². The number of rotatable bonds is 75. The highest BCUT2D eigenvalue weighted by atomic mass is 31.2. The fourth-order valence-electron chi connectivity index (χ4n) is 11.5. The molecule has 5 atom stereocenters. The molecule has 0 fully saturated rings. The molecule has 0 saturated carbocycles. The van der Waals surface area contributed by atoms with Gasteiger partial charge in [-0.1, -0.05) is 343 Å². The molecule has 0 spiro atoms. The summed E-state index contributed by atoms with van der Waals surface area (Å²) in [5.41, 5.74) is 0. The average Bonchev–Trinajstić information content (AvgIpc) is 1.24. The van der Waals surface area contributed by atoms with E-state index in [4.69, 9.17) is 37.0 Å². The highest BCUT2D eigenvalue weighted by Gasteiger charge is 2.30. The average molecular weight is 1380 g/mol. The molecule has 0 aliphatic heterocycles. The molecule has 19 heteroatoms. The summed E-state index contributed by atoms with van der Waals surface area (Å²) in [6, 6.07) is 0. The SMILES string of the molecule is CCCCCCCCCCCCCCCCC(=O)OC[C@H](COP(=O)(O)OC[C@@H](O)COP(=O)(O)OC[C@@H](COC(=O)CCCCCCCCCCC)OC(=O)CCCCCCCCCCCC)OC(=O)CCCCCCCCCCCCCCCCCCCCC(C)C. The maximum atomic E-state index is 13.1. The van der Waals surface area contributed by atoms with E-state index >= 15 is 0 Å². The Kier molecular flexibility index (Phi) is 66.8. The van der Waals surface area contributed by atoms with Crippen LogP contribution >= 0.6 is 15.6 Å². The van der Waals surface area contributed by atoms with Crippen LogP contribution in [-0.4, -0.2) is 96.7 Å². The minimum absolute atomic E-state index is 0.107. The van der Waals surface area contributed by atoms with Crippen molar-refractivity contribution in [3.05, 3.63) is 0 Å². The Hall–Kier alpha value is -1.94. The lowest BCUT2D eigenvalue weighted by Crippen LogP contribution is -2.30. The van der Waals surface area contributed by atoms with Gasteiger partial charge in [-0.3, -0.25) is 37.3 Å². The summed E-state index contributed by atoms with van der Waals surface area (Å²) in [5.74, 6) is -1.30. The Morgan fingerprint density at radius 1 is 0.287 bits per heavy atom. The molecule has 0 heterocycles. The maximum Gasteiger partial charge on any atom is 0.472 e. The minimum atomic E-state index is -4.95. The zero-order chi connectivity index (χ0) is 69.1. The number of phosphoric acid groups is 2. The van der Waals surface area contributed by atoms with E-state index in [1.165, 1.54) is 218 Å². The molecule has 558 valence electrons. The van der Waals surface area contributed by atoms with Gasteiger partial charge in [-0.15, -0.1) is 0 Å². The summed E-state index contributed by atoms with van der Waals surface area (Å²) in [6.45, 7) is 7.30. The highest BCUT2D eigenvalue weighted by Crippen LogP contribution is 2.45. The highest BCUT2D eigenvalue weighted by molar-refractivity contribution is 7.47. The number of esters is 4. The predicted octanol–water partition coefficient (Wildman–Crippen LogP) is 22.1. The van der Waals surface area contributed by atoms with Crippen molar-refractivity contribution in [3.63, 3.8) is 0 Å². The van der Waals surface area contributed by atoms with Crippen molar-refractivity contribution in [2.45, 2.75) is 412 Å². The number of hydrogen-bond acceptors (Lipinski definition) is 15. The van der Waals surface area contributed by atoms with Gasteiger partial charge in [-0.25, -0.2) is 9.13 Å². The lowest BCUT2D eigenvalue weighted by atomic mass is 10.0. The van der Waals surface area contributed by atoms with Crippen molar-refractivity contribution in [2.24, 2.45) is 5.92 Å². The third kappa shape index (κ3) is 68.6. The van der Waals surface area contributed by atoms with Crippen LogP contribution in [0.2, 0.25) is 0 Å². The summed E-state index contributed by atoms with van der Waals surface area (Å²) >= 11 is 0. The summed E-state index contributed by atoms with van der Waals surface area (Å²) in [7, 11) is -9.90. The van der Waals surface area contributed by atoms with Crippen molar-refractivity contribution in [1.29, 1.82) is 0 Å². The van der Waals surface area contributed by atoms with E-state index in [0.29, 0.717) is 25.7 Å². The van der Waals surface area contributed by atoms with E-state index in [-0.39, 0.29) is 25.7 Å². The van der Waals surface area contributed by atoms with Crippen LogP contribution < -0.4 is 0 Å². The molecule has 0 saturated heterocycles. The second kappa shape index (κ2) is 68.2. The maximum absolute atomic E-state index is 13.1. The van der Waals surface area contributed by atoms with E-state index in [1.54, 1.807) is 0 Å². The van der Waals surface area contributed by atoms with E-state index in [0.717, 1.165) is 95.8 Å². The second-order valence-corrected chi connectivity index (χ2v) is 30.4. The molecule has 0 aliphatic carbocycles. The van der Waals surface area contributed by atoms with Crippen molar-refractivity contribution in [2.75, 3.05) is 39.6 Å². The largest absolute Gasteiger partial charge is 0.472 e. The van der Waals surface area contributed by atoms with Crippen LogP contribution in [0.5, 0.6) is 0 Å². The van der Waals surface area contributed by atoms with Crippen LogP contribution in [0, 0.1) is 5.92 Å². The summed E-state index contributed by atoms with van der Waals surface area (Å²) in [5, 5.41) is 10.6. The Bertz CT molecular complexity index is 1810. The number of hydrogen-bond donors (Lipinski definition) is 3. The smallest absolute Gasteiger partial charge is 0.462 e. The van der Waals surface area contributed by atoms with Gasteiger partial charge in [0.2, 0.25) is 0 Å². The number of phosphoric ester groups is 2. The van der Waals surface area contributed by atoms with Gasteiger partial charge in [0.1, 0.15) is 19.3 Å². The van der Waals surface area contributed by atoms with E-state index in [1.807, 2.05) is 0 Å². The predicted molar refractivity (Wildman–Crippen MR) is 382 cm³/mol. The fourth-order valence-corrected chi connectivity index (χ4v) is 13.1. The molecule has 0 amide bonds. The number of carbonyl (C=O) groups is 4. The molecule has 0 radical (unpaired) electrons. The molecular formula is C75H146O17P2. The van der Waals surface area contributed by atoms with Gasteiger partial charge in [-0.05, 0) is 31.6 Å². The van der Waals surface area contributed by atoms with Gasteiger partial charge >= 0.3 is 39.5 Å². The first kappa shape index (κ1) is 92.1. The summed E-state index contributed by atoms with van der Waals surface area (Å²) < 4.78 is 68.4. The second-order valence-electron chi connectivity index (χ2n) is 27.5. The summed E-state index contributed by atoms with van der Waals surface area (Å²) in [4.78, 5) is 72.6. The van der Waals surface area contributed by atoms with Crippen molar-refractivity contribution in [3.8, 4) is 0 Å². The molecule has 0 rings (SSSR count). The van der Waals surface area contributed by atoms with Crippen LogP contribution in [0.3, 0.4) is 0 Å². The van der Waals surface area contributed by atoms with Crippen LogP contribution in [0.25, 0.3) is 0 Å². The van der Waals surface area contributed by atoms with Crippen molar-refractivity contribution >= 4 is 39.5 Å². The number of carbonyl (C=O) groups excluding carboxylic acids is 4. The number of aliphatic hydroxyl groups excluding tert-OH is 1. The van der Waals surface area contributed by atoms with Gasteiger partial charge in [0, 0.05) is 25.7 Å². The third-order valence-corrected chi connectivity index (χ3v) is 19.4. The van der Waals surface area contributed by atoms with Crippen LogP contribution in [0.1, 0.15) is 394 Å². The van der Waals surface area contributed by atoms with Gasteiger partial charge in [-0.2, -0.15) is 0 Å². The summed E-state index contributed by atoms with van der Waals surface area (Å²) in [6.07, 6.45) is 56.9. The van der Waals surface area contributed by atoms with E-state index < -0.39 is 97.5 Å². The zero-order valence-corrected chi connectivity index (χ0v) is 62.9. The third-order valence-electron chi connectivity index (χ3n) is 17.5. The van der Waals surface area contributed by atoms with Crippen molar-refractivity contribution < 1.29 is 80.2 Å². The molecule has 3 N–H and O–H groups in total. The molecule has 17 nitrogen and oxygen atoms in total. The normalized spacial score (nSPS) is 14.0. The Balaban J connectivity index is 5.17. The van der Waals surface area contributed by atoms with Gasteiger partial charge in [0.15, 0.2) is 12.2 Å². The standard InChI is InChI=1S/C75H146O17P2/c1-6-9-12-15-18-21-23-24-32-35-40-44-49-54-59-73(78)86-65-71(92-75(80)61-56-51-46-41-36-33-30-28-26-25-27-29-31-34-38-42-47-52-57-68(4)5)67-90-94(83,84)88-63-69(76)62-87-93(81,82)89-66-70(64-85-72(77)58-53-48-43-37-20-17-14-11-8-3)91-74(79)60-55-50-45-39-22-19-16-13-10-7-2/h68-71,76H,6-67H2,1-5H3,(H,81,82)(H,83,84)/t69-,70+,71+/m0/s1. The molecule has 0 aromatic heterocycles. The van der Waals surface area contributed by atoms with Gasteiger partial charge < -0.3 is 33.8 Å². The first-order valence-corrected chi connectivity index (χ1v) is 42.1. The lowest BCUT2D eigenvalue weighted by Gasteiger charge is -2.21. The first-order chi connectivity index (χ1) is 45.5. The Morgan fingerprint density at radius 3 is 0.723 bits per heavy atom. The van der Waals surface area contributed by atoms with Crippen LogP contribution in [-0.2, 0) is 65.4 Å². The fraction of sp³-hybridized carbons (Fsp3) is 0.947. The number of aliphatic hydroxyl groups is 1. The molecule has 0 aromatic rings. The quantitative estimate of drug-likeness (QED) is 0.0222. The Labute approximate surface area is 575 Å². The topological polar surface area (TPSA) is 237 Å². The lowest BCUT2D eigenvalue weighted by molar-refractivity contribution is -0.161. The Morgan fingerprint density at radius 2 is 0.489 bits per heavy atom. The monoisotopic (exact) mass is 1380 g/mol. The molecule has 94 heavy (non-hydrogen) atoms. The van der Waals surface area contributed by atoms with E-state index in [9.17, 15) is 43.2 Å². The number of unbranched alkanes of at least 4 members (excludes halogenated alkanes) is 47. The molecular weight excluding hydrogens is 1230 g/mol. The van der Waals surface area contributed by atoms with E-state index in [2.05, 4.69) is 34.6 Å². The molecule has 2 unspecified atom stereocenters. The molecule has 0 aromatic carbocycles. The van der Waals surface area contributed by atoms with Gasteiger partial charge in [0.05, 0.1) is 26.4 Å². The zero-order valence-electron chi connectivity index (χ0n) is 61.1. The van der Waals surface area contributed by atoms with Gasteiger partial charge in [0.25, 0.3) is 0 Å². The number of ether oxygens (including phenoxy) is 4. The molecule has 0 bridgehead atoms.